The molecule has 1 aliphatic rings. The number of esters is 1. The molecule has 7 heteroatoms. The number of benzene rings is 2. The van der Waals surface area contributed by atoms with Crippen LogP contribution in [0.25, 0.3) is 0 Å². The first-order valence-corrected chi connectivity index (χ1v) is 9.96. The monoisotopic (exact) mass is 418 g/mol. The molecule has 0 aliphatic carbocycles. The first-order chi connectivity index (χ1) is 14.0. The summed E-state index contributed by atoms with van der Waals surface area (Å²) < 4.78 is 18.7. The Labute approximate surface area is 175 Å². The van der Waals surface area contributed by atoms with Crippen molar-refractivity contribution in [1.29, 1.82) is 0 Å². The molecule has 1 amide bonds. The normalized spacial score (nSPS) is 15.8. The number of piperazine rings is 1. The summed E-state index contributed by atoms with van der Waals surface area (Å²) in [7, 11) is 1.37. The van der Waals surface area contributed by atoms with Crippen molar-refractivity contribution in [2.45, 2.75) is 18.9 Å². The molecule has 0 saturated carbocycles. The molecule has 1 saturated heterocycles. The highest BCUT2D eigenvalue weighted by atomic mass is 35.5. The summed E-state index contributed by atoms with van der Waals surface area (Å²) >= 11 is 5.96. The van der Waals surface area contributed by atoms with Gasteiger partial charge in [-0.05, 0) is 35.7 Å². The summed E-state index contributed by atoms with van der Waals surface area (Å²) in [5.41, 5.74) is 1.36. The number of carbonyl (C=O) groups excluding carboxylic acids is 2. The Morgan fingerprint density at radius 3 is 2.34 bits per heavy atom. The molecule has 0 bridgehead atoms. The number of hydrogen-bond acceptors (Lipinski definition) is 4. The van der Waals surface area contributed by atoms with Crippen LogP contribution in [0.5, 0.6) is 0 Å². The van der Waals surface area contributed by atoms with Gasteiger partial charge in [0.1, 0.15) is 11.9 Å². The van der Waals surface area contributed by atoms with Gasteiger partial charge in [0, 0.05) is 37.6 Å². The SMILES string of the molecule is COC(=O)C(c1ccc(Cl)cc1)N1CCN(C(=O)CCc2ccccc2F)CC1. The van der Waals surface area contributed by atoms with Gasteiger partial charge in [-0.25, -0.2) is 9.18 Å². The van der Waals surface area contributed by atoms with Crippen LogP contribution in [0, 0.1) is 5.82 Å². The smallest absolute Gasteiger partial charge is 0.327 e. The fraction of sp³-hybridized carbons (Fsp3) is 0.364. The number of hydrogen-bond donors (Lipinski definition) is 0. The van der Waals surface area contributed by atoms with Crippen LogP contribution in [0.1, 0.15) is 23.6 Å². The summed E-state index contributed by atoms with van der Waals surface area (Å²) in [5.74, 6) is -0.630. The van der Waals surface area contributed by atoms with Gasteiger partial charge in [0.25, 0.3) is 0 Å². The van der Waals surface area contributed by atoms with E-state index < -0.39 is 6.04 Å². The first kappa shape index (κ1) is 21.3. The van der Waals surface area contributed by atoms with Crippen LogP contribution in [-0.2, 0) is 20.7 Å². The zero-order valence-corrected chi connectivity index (χ0v) is 17.1. The maximum atomic E-state index is 13.7. The fourth-order valence-electron chi connectivity index (χ4n) is 3.58. The predicted octanol–water partition coefficient (Wildman–Crippen LogP) is 3.47. The van der Waals surface area contributed by atoms with E-state index in [4.69, 9.17) is 16.3 Å². The molecule has 154 valence electrons. The van der Waals surface area contributed by atoms with Gasteiger partial charge in [0.15, 0.2) is 0 Å². The lowest BCUT2D eigenvalue weighted by Gasteiger charge is -2.38. The van der Waals surface area contributed by atoms with E-state index in [1.807, 2.05) is 17.0 Å². The molecule has 3 rings (SSSR count). The van der Waals surface area contributed by atoms with Crippen molar-refractivity contribution in [1.82, 2.24) is 9.80 Å². The predicted molar refractivity (Wildman–Crippen MR) is 109 cm³/mol. The van der Waals surface area contributed by atoms with E-state index in [-0.39, 0.29) is 24.1 Å². The van der Waals surface area contributed by atoms with Crippen molar-refractivity contribution in [2.75, 3.05) is 33.3 Å². The summed E-state index contributed by atoms with van der Waals surface area (Å²) in [5, 5.41) is 0.600. The zero-order valence-electron chi connectivity index (χ0n) is 16.3. The Balaban J connectivity index is 1.59. The van der Waals surface area contributed by atoms with Crippen molar-refractivity contribution in [3.8, 4) is 0 Å². The quantitative estimate of drug-likeness (QED) is 0.674. The van der Waals surface area contributed by atoms with E-state index >= 15 is 0 Å². The zero-order chi connectivity index (χ0) is 20.8. The number of nitrogens with zero attached hydrogens (tertiary/aromatic N) is 2. The van der Waals surface area contributed by atoms with Gasteiger partial charge in [-0.3, -0.25) is 9.69 Å². The second-order valence-electron chi connectivity index (χ2n) is 6.99. The molecule has 1 fully saturated rings. The van der Waals surface area contributed by atoms with Crippen molar-refractivity contribution < 1.29 is 18.7 Å². The fourth-order valence-corrected chi connectivity index (χ4v) is 3.71. The van der Waals surface area contributed by atoms with Gasteiger partial charge in [0.05, 0.1) is 7.11 Å². The second-order valence-corrected chi connectivity index (χ2v) is 7.42. The first-order valence-electron chi connectivity index (χ1n) is 9.58. The third-order valence-electron chi connectivity index (χ3n) is 5.21. The molecule has 0 spiro atoms. The molecule has 5 nitrogen and oxygen atoms in total. The third kappa shape index (κ3) is 5.34. The Kier molecular flexibility index (Phi) is 7.23. The van der Waals surface area contributed by atoms with Crippen molar-refractivity contribution in [3.63, 3.8) is 0 Å². The van der Waals surface area contributed by atoms with Gasteiger partial charge in [-0.2, -0.15) is 0 Å². The van der Waals surface area contributed by atoms with E-state index in [9.17, 15) is 14.0 Å². The highest BCUT2D eigenvalue weighted by Crippen LogP contribution is 2.25. The van der Waals surface area contributed by atoms with Crippen LogP contribution in [-0.4, -0.2) is 55.0 Å². The molecule has 2 aromatic carbocycles. The van der Waals surface area contributed by atoms with Crippen LogP contribution < -0.4 is 0 Å². The van der Waals surface area contributed by atoms with Crippen LogP contribution >= 0.6 is 11.6 Å². The number of methoxy groups -OCH3 is 1. The van der Waals surface area contributed by atoms with Crippen LogP contribution in [0.15, 0.2) is 48.5 Å². The lowest BCUT2D eigenvalue weighted by molar-refractivity contribution is -0.148. The average molecular weight is 419 g/mol. The van der Waals surface area contributed by atoms with E-state index in [2.05, 4.69) is 0 Å². The Morgan fingerprint density at radius 2 is 1.72 bits per heavy atom. The van der Waals surface area contributed by atoms with Crippen LogP contribution in [0.2, 0.25) is 5.02 Å². The third-order valence-corrected chi connectivity index (χ3v) is 5.46. The molecule has 0 radical (unpaired) electrons. The van der Waals surface area contributed by atoms with Gasteiger partial charge < -0.3 is 9.64 Å². The van der Waals surface area contributed by atoms with E-state index in [0.717, 1.165) is 5.56 Å². The largest absolute Gasteiger partial charge is 0.468 e. The Bertz CT molecular complexity index is 851. The van der Waals surface area contributed by atoms with E-state index in [0.29, 0.717) is 43.2 Å². The molecule has 1 heterocycles. The summed E-state index contributed by atoms with van der Waals surface area (Å²) in [6, 6.07) is 13.1. The minimum absolute atomic E-state index is 0.00554. The highest BCUT2D eigenvalue weighted by molar-refractivity contribution is 6.30. The minimum Gasteiger partial charge on any atom is -0.468 e. The van der Waals surface area contributed by atoms with E-state index in [1.54, 1.807) is 35.2 Å². The van der Waals surface area contributed by atoms with Crippen molar-refractivity contribution in [2.24, 2.45) is 0 Å². The number of aryl methyl sites for hydroxylation is 1. The Morgan fingerprint density at radius 1 is 1.07 bits per heavy atom. The highest BCUT2D eigenvalue weighted by Gasteiger charge is 2.32. The molecular formula is C22H24ClFN2O3. The Hall–Kier alpha value is -2.44. The molecule has 1 unspecified atom stereocenters. The van der Waals surface area contributed by atoms with Crippen LogP contribution in [0.4, 0.5) is 4.39 Å². The minimum atomic E-state index is -0.534. The molecular weight excluding hydrogens is 395 g/mol. The summed E-state index contributed by atoms with van der Waals surface area (Å²) in [6.07, 6.45) is 0.639. The number of halogens is 2. The van der Waals surface area contributed by atoms with Crippen LogP contribution in [0.3, 0.4) is 0 Å². The summed E-state index contributed by atoms with van der Waals surface area (Å²) in [6.45, 7) is 2.12. The molecule has 2 aromatic rings. The molecule has 0 aromatic heterocycles. The lowest BCUT2D eigenvalue weighted by atomic mass is 10.0. The van der Waals surface area contributed by atoms with Gasteiger partial charge in [-0.15, -0.1) is 0 Å². The average Bonchev–Trinajstić information content (AvgIpc) is 2.75. The molecule has 29 heavy (non-hydrogen) atoms. The van der Waals surface area contributed by atoms with Crippen molar-refractivity contribution in [3.05, 3.63) is 70.5 Å². The molecule has 1 aliphatic heterocycles. The standard InChI is InChI=1S/C22H24ClFN2O3/c1-29-22(28)21(17-6-9-18(23)10-7-17)26-14-12-25(13-15-26)20(27)11-8-16-4-2-3-5-19(16)24/h2-7,9-10,21H,8,11-15H2,1H3. The van der Waals surface area contributed by atoms with Gasteiger partial charge >= 0.3 is 5.97 Å². The molecule has 0 N–H and O–H groups in total. The number of ether oxygens (including phenoxy) is 1. The van der Waals surface area contributed by atoms with Crippen molar-refractivity contribution >= 4 is 23.5 Å². The lowest BCUT2D eigenvalue weighted by Crippen LogP contribution is -2.51. The maximum Gasteiger partial charge on any atom is 0.327 e. The van der Waals surface area contributed by atoms with Gasteiger partial charge in [0.2, 0.25) is 5.91 Å². The molecule has 1 atom stereocenters. The van der Waals surface area contributed by atoms with Gasteiger partial charge in [-0.1, -0.05) is 41.9 Å². The number of amides is 1. The van der Waals surface area contributed by atoms with E-state index in [1.165, 1.54) is 13.2 Å². The topological polar surface area (TPSA) is 49.9 Å². The summed E-state index contributed by atoms with van der Waals surface area (Å²) in [4.78, 5) is 28.7. The second kappa shape index (κ2) is 9.85. The number of carbonyl (C=O) groups is 2. The maximum absolute atomic E-state index is 13.7. The number of rotatable bonds is 6.